The number of likely N-dealkylation sites (tertiary alicyclic amines) is 1. The van der Waals surface area contributed by atoms with Crippen molar-refractivity contribution >= 4 is 28.6 Å². The van der Waals surface area contributed by atoms with Gasteiger partial charge in [0.1, 0.15) is 11.6 Å². The molecule has 1 fully saturated rings. The molecule has 188 valence electrons. The average molecular weight is 489 g/mol. The lowest BCUT2D eigenvalue weighted by atomic mass is 10.0. The number of hydrogen-bond donors (Lipinski definition) is 1. The summed E-state index contributed by atoms with van der Waals surface area (Å²) >= 11 is 0. The van der Waals surface area contributed by atoms with E-state index in [1.54, 1.807) is 20.8 Å². The summed E-state index contributed by atoms with van der Waals surface area (Å²) in [6.07, 6.45) is 5.32. The Morgan fingerprint density at radius 2 is 1.92 bits per heavy atom. The van der Waals surface area contributed by atoms with Gasteiger partial charge in [0.2, 0.25) is 5.91 Å². The summed E-state index contributed by atoms with van der Waals surface area (Å²) in [6.45, 7) is 6.01. The van der Waals surface area contributed by atoms with Crippen molar-refractivity contribution in [3.8, 4) is 0 Å². The van der Waals surface area contributed by atoms with E-state index in [1.807, 2.05) is 75.8 Å². The van der Waals surface area contributed by atoms with Crippen molar-refractivity contribution < 1.29 is 14.3 Å². The van der Waals surface area contributed by atoms with Crippen molar-refractivity contribution in [2.45, 2.75) is 57.7 Å². The number of carbonyl (C=O) groups is 2. The van der Waals surface area contributed by atoms with Gasteiger partial charge in [0, 0.05) is 43.3 Å². The maximum atomic E-state index is 14.0. The van der Waals surface area contributed by atoms with E-state index in [9.17, 15) is 9.59 Å². The van der Waals surface area contributed by atoms with Gasteiger partial charge in [-0.2, -0.15) is 0 Å². The Bertz CT molecular complexity index is 1420. The molecule has 0 spiro atoms. The minimum Gasteiger partial charge on any atom is -0.444 e. The van der Waals surface area contributed by atoms with Crippen LogP contribution in [0, 0.1) is 0 Å². The molecule has 0 saturated carbocycles. The Hall–Kier alpha value is -3.88. The van der Waals surface area contributed by atoms with Gasteiger partial charge in [-0.15, -0.1) is 10.2 Å². The van der Waals surface area contributed by atoms with Gasteiger partial charge in [0.15, 0.2) is 11.5 Å². The van der Waals surface area contributed by atoms with Gasteiger partial charge in [0.25, 0.3) is 0 Å². The third-order valence-electron chi connectivity index (χ3n) is 6.57. The summed E-state index contributed by atoms with van der Waals surface area (Å²) in [6, 6.07) is 12.8. The summed E-state index contributed by atoms with van der Waals surface area (Å²) in [5.41, 5.74) is 2.13. The van der Waals surface area contributed by atoms with Gasteiger partial charge in [-0.3, -0.25) is 9.20 Å². The number of aryl methyl sites for hydroxylation is 1. The fourth-order valence-electron chi connectivity index (χ4n) is 5.04. The molecule has 1 aliphatic heterocycles. The van der Waals surface area contributed by atoms with E-state index in [4.69, 9.17) is 4.74 Å². The first-order valence-corrected chi connectivity index (χ1v) is 12.3. The second-order valence-corrected chi connectivity index (χ2v) is 10.4. The van der Waals surface area contributed by atoms with Crippen LogP contribution in [-0.4, -0.2) is 54.3 Å². The molecular weight excluding hydrogens is 456 g/mol. The number of fused-ring (bicyclic) bond motifs is 2. The first kappa shape index (κ1) is 23.8. The first-order chi connectivity index (χ1) is 17.2. The third kappa shape index (κ3) is 4.65. The van der Waals surface area contributed by atoms with Crippen LogP contribution in [0.15, 0.2) is 54.9 Å². The molecule has 9 heteroatoms. The summed E-state index contributed by atoms with van der Waals surface area (Å²) < 4.78 is 9.49. The first-order valence-electron chi connectivity index (χ1n) is 12.3. The van der Waals surface area contributed by atoms with Crippen LogP contribution in [0.25, 0.3) is 16.6 Å². The van der Waals surface area contributed by atoms with Crippen LogP contribution in [0.3, 0.4) is 0 Å². The number of nitrogens with one attached hydrogen (secondary N) is 1. The average Bonchev–Trinajstić information content (AvgIpc) is 3.54. The van der Waals surface area contributed by atoms with Crippen molar-refractivity contribution in [2.24, 2.45) is 7.05 Å². The maximum Gasteiger partial charge on any atom is 0.408 e. The Morgan fingerprint density at radius 3 is 2.72 bits per heavy atom. The lowest BCUT2D eigenvalue weighted by molar-refractivity contribution is -0.134. The molecule has 1 N–H and O–H groups in total. The number of benzene rings is 1. The number of ether oxygens (including phenoxy) is 1. The number of hydrogen-bond acceptors (Lipinski definition) is 5. The van der Waals surface area contributed by atoms with E-state index < -0.39 is 17.7 Å². The second kappa shape index (κ2) is 9.29. The molecule has 1 aliphatic rings. The molecular formula is C27H32N6O3. The summed E-state index contributed by atoms with van der Waals surface area (Å²) in [5, 5.41) is 12.6. The van der Waals surface area contributed by atoms with Crippen LogP contribution in [-0.2, 0) is 23.0 Å². The number of carbonyl (C=O) groups excluding carboxylic acids is 2. The lowest BCUT2D eigenvalue weighted by Crippen LogP contribution is -2.50. The summed E-state index contributed by atoms with van der Waals surface area (Å²) in [4.78, 5) is 28.7. The summed E-state index contributed by atoms with van der Waals surface area (Å²) in [5.74, 6) is 0.585. The van der Waals surface area contributed by atoms with Crippen LogP contribution in [0.5, 0.6) is 0 Å². The number of para-hydroxylation sites is 1. The van der Waals surface area contributed by atoms with Gasteiger partial charge >= 0.3 is 6.09 Å². The Labute approximate surface area is 210 Å². The molecule has 2 atom stereocenters. The number of rotatable bonds is 5. The molecule has 0 radical (unpaired) electrons. The van der Waals surface area contributed by atoms with E-state index >= 15 is 0 Å². The van der Waals surface area contributed by atoms with Crippen molar-refractivity contribution in [3.05, 3.63) is 66.2 Å². The van der Waals surface area contributed by atoms with Crippen LogP contribution >= 0.6 is 0 Å². The highest BCUT2D eigenvalue weighted by molar-refractivity contribution is 5.89. The predicted octanol–water partition coefficient (Wildman–Crippen LogP) is 4.02. The normalized spacial score (nSPS) is 17.0. The molecule has 0 bridgehead atoms. The molecule has 5 rings (SSSR count). The molecule has 0 aliphatic carbocycles. The molecule has 1 saturated heterocycles. The molecule has 1 aromatic carbocycles. The van der Waals surface area contributed by atoms with Crippen LogP contribution in [0.1, 0.15) is 51.0 Å². The van der Waals surface area contributed by atoms with E-state index in [-0.39, 0.29) is 11.9 Å². The Morgan fingerprint density at radius 1 is 1.14 bits per heavy atom. The van der Waals surface area contributed by atoms with Gasteiger partial charge in [-0.25, -0.2) is 4.79 Å². The van der Waals surface area contributed by atoms with Crippen molar-refractivity contribution in [1.82, 2.24) is 29.4 Å². The number of nitrogens with zero attached hydrogens (tertiary/aromatic N) is 5. The van der Waals surface area contributed by atoms with Crippen molar-refractivity contribution in [1.29, 1.82) is 0 Å². The topological polar surface area (TPSA) is 93.8 Å². The Kier molecular flexibility index (Phi) is 6.15. The minimum atomic E-state index is -0.787. The van der Waals surface area contributed by atoms with Gasteiger partial charge < -0.3 is 19.5 Å². The number of pyridine rings is 1. The summed E-state index contributed by atoms with van der Waals surface area (Å²) in [7, 11) is 1.98. The van der Waals surface area contributed by atoms with E-state index in [0.717, 1.165) is 40.8 Å². The third-order valence-corrected chi connectivity index (χ3v) is 6.57. The van der Waals surface area contributed by atoms with Crippen molar-refractivity contribution in [3.63, 3.8) is 0 Å². The van der Waals surface area contributed by atoms with E-state index in [1.165, 1.54) is 0 Å². The predicted molar refractivity (Wildman–Crippen MR) is 136 cm³/mol. The SMILES string of the molecule is Cn1cc(C[C@@H](NC(=O)OC(C)(C)C)C(=O)N2CCCC2c2nnc3ccccn23)c2ccccc21. The lowest BCUT2D eigenvalue weighted by Gasteiger charge is -2.29. The van der Waals surface area contributed by atoms with Gasteiger partial charge in [0.05, 0.1) is 6.04 Å². The van der Waals surface area contributed by atoms with Crippen LogP contribution < -0.4 is 5.32 Å². The molecule has 2 amide bonds. The molecule has 9 nitrogen and oxygen atoms in total. The molecule has 3 aromatic heterocycles. The highest BCUT2D eigenvalue weighted by Gasteiger charge is 2.38. The van der Waals surface area contributed by atoms with Crippen molar-refractivity contribution in [2.75, 3.05) is 6.54 Å². The quantitative estimate of drug-likeness (QED) is 0.458. The second-order valence-electron chi connectivity index (χ2n) is 10.4. The largest absolute Gasteiger partial charge is 0.444 e. The highest BCUT2D eigenvalue weighted by Crippen LogP contribution is 2.32. The molecule has 36 heavy (non-hydrogen) atoms. The van der Waals surface area contributed by atoms with Crippen LogP contribution in [0.4, 0.5) is 4.79 Å². The minimum absolute atomic E-state index is 0.149. The highest BCUT2D eigenvalue weighted by atomic mass is 16.6. The smallest absolute Gasteiger partial charge is 0.408 e. The zero-order chi connectivity index (χ0) is 25.4. The monoisotopic (exact) mass is 488 g/mol. The Balaban J connectivity index is 1.46. The molecule has 4 aromatic rings. The molecule has 4 heterocycles. The van der Waals surface area contributed by atoms with E-state index in [2.05, 4.69) is 15.5 Å². The van der Waals surface area contributed by atoms with Gasteiger partial charge in [-0.1, -0.05) is 24.3 Å². The number of alkyl carbamates (subject to hydrolysis) is 1. The van der Waals surface area contributed by atoms with Gasteiger partial charge in [-0.05, 0) is 57.4 Å². The van der Waals surface area contributed by atoms with E-state index in [0.29, 0.717) is 13.0 Å². The standard InChI is InChI=1S/C27H32N6O3/c1-27(2,3)36-26(35)28-20(16-18-17-31(4)21-11-6-5-10-19(18)21)25(34)32-15-9-12-22(32)24-30-29-23-13-7-8-14-33(23)24/h5-8,10-11,13-14,17,20,22H,9,12,15-16H2,1-4H3,(H,28,35)/t20-,22?/m1/s1. The zero-order valence-corrected chi connectivity index (χ0v) is 21.1. The number of amides is 2. The maximum absolute atomic E-state index is 14.0. The van der Waals surface area contributed by atoms with Crippen LogP contribution in [0.2, 0.25) is 0 Å². The molecule has 1 unspecified atom stereocenters. The number of aromatic nitrogens is 4. The fourth-order valence-corrected chi connectivity index (χ4v) is 5.04. The fraction of sp³-hybridized carbons (Fsp3) is 0.407. The zero-order valence-electron chi connectivity index (χ0n) is 21.1.